The summed E-state index contributed by atoms with van der Waals surface area (Å²) in [6.07, 6.45) is -2.98. The Morgan fingerprint density at radius 1 is 1.04 bits per heavy atom. The van der Waals surface area contributed by atoms with Crippen LogP contribution in [-0.2, 0) is 25.9 Å². The molecule has 1 aliphatic rings. The lowest BCUT2D eigenvalue weighted by Gasteiger charge is -2.09. The van der Waals surface area contributed by atoms with E-state index in [4.69, 9.17) is 5.53 Å². The standard InChI is InChI=1S/C13H13F3N2O4S2/c14-13(15,16)9-5-7-11(8-6-9)24(21,22)12(18-17)23(19,20)10-3-1-2-4-10/h5-8,10H,1-4H2. The molecule has 0 saturated heterocycles. The minimum Gasteiger partial charge on any atom is -0.359 e. The van der Waals surface area contributed by atoms with E-state index in [1.54, 1.807) is 0 Å². The summed E-state index contributed by atoms with van der Waals surface area (Å²) in [5.74, 6) is 0. The van der Waals surface area contributed by atoms with E-state index in [0.717, 1.165) is 0 Å². The van der Waals surface area contributed by atoms with Crippen molar-refractivity contribution in [3.63, 3.8) is 0 Å². The monoisotopic (exact) mass is 382 g/mol. The lowest BCUT2D eigenvalue weighted by Crippen LogP contribution is -2.33. The third kappa shape index (κ3) is 3.38. The van der Waals surface area contributed by atoms with Crippen LogP contribution in [0.5, 0.6) is 0 Å². The van der Waals surface area contributed by atoms with E-state index in [2.05, 4.69) is 4.79 Å². The lowest BCUT2D eigenvalue weighted by molar-refractivity contribution is -0.137. The Morgan fingerprint density at radius 3 is 1.96 bits per heavy atom. The molecule has 0 bridgehead atoms. The van der Waals surface area contributed by atoms with Crippen molar-refractivity contribution in [3.8, 4) is 0 Å². The van der Waals surface area contributed by atoms with Crippen LogP contribution >= 0.6 is 0 Å². The molecule has 1 aromatic rings. The predicted octanol–water partition coefficient (Wildman–Crippen LogP) is 2.42. The molecule has 0 aliphatic heterocycles. The minimum atomic E-state index is -4.76. The normalized spacial score (nSPS) is 16.8. The summed E-state index contributed by atoms with van der Waals surface area (Å²) in [5, 5.41) is -0.979. The smallest absolute Gasteiger partial charge is 0.359 e. The Bertz CT molecular complexity index is 878. The molecule has 132 valence electrons. The van der Waals surface area contributed by atoms with Gasteiger partial charge in [0.1, 0.15) is 0 Å². The van der Waals surface area contributed by atoms with Gasteiger partial charge in [0, 0.05) is 0 Å². The second-order valence-corrected chi connectivity index (χ2v) is 9.61. The molecular formula is C13H13F3N2O4S2. The van der Waals surface area contributed by atoms with Crippen molar-refractivity contribution >= 4 is 24.1 Å². The van der Waals surface area contributed by atoms with Crippen LogP contribution in [0, 0.1) is 0 Å². The van der Waals surface area contributed by atoms with Crippen LogP contribution in [-0.4, -0.2) is 31.3 Å². The molecule has 24 heavy (non-hydrogen) atoms. The van der Waals surface area contributed by atoms with Gasteiger partial charge in [-0.1, -0.05) is 12.8 Å². The Morgan fingerprint density at radius 2 is 1.54 bits per heavy atom. The Labute approximate surface area is 136 Å². The zero-order valence-corrected chi connectivity index (χ0v) is 13.8. The highest BCUT2D eigenvalue weighted by atomic mass is 32.3. The molecule has 0 radical (unpaired) electrons. The molecule has 1 aromatic carbocycles. The maximum Gasteiger partial charge on any atom is 0.499 e. The first-order chi connectivity index (χ1) is 11.0. The van der Waals surface area contributed by atoms with Crippen molar-refractivity contribution in [2.75, 3.05) is 0 Å². The van der Waals surface area contributed by atoms with Crippen LogP contribution in [0.4, 0.5) is 13.2 Å². The second-order valence-electron chi connectivity index (χ2n) is 5.34. The van der Waals surface area contributed by atoms with Gasteiger partial charge in [0.05, 0.1) is 15.7 Å². The zero-order chi connectivity index (χ0) is 18.2. The van der Waals surface area contributed by atoms with Gasteiger partial charge in [0.2, 0.25) is 0 Å². The molecule has 2 rings (SSSR count). The van der Waals surface area contributed by atoms with Crippen LogP contribution in [0.3, 0.4) is 0 Å². The number of halogens is 3. The second kappa shape index (κ2) is 6.30. The summed E-state index contributed by atoms with van der Waals surface area (Å²) in [6.45, 7) is 0. The maximum absolute atomic E-state index is 12.5. The van der Waals surface area contributed by atoms with Gasteiger partial charge in [-0.25, -0.2) is 16.8 Å². The van der Waals surface area contributed by atoms with Crippen LogP contribution in [0.15, 0.2) is 29.2 Å². The van der Waals surface area contributed by atoms with Crippen molar-refractivity contribution < 1.29 is 34.8 Å². The number of benzene rings is 1. The number of alkyl halides is 3. The van der Waals surface area contributed by atoms with Gasteiger partial charge in [-0.2, -0.15) is 13.2 Å². The van der Waals surface area contributed by atoms with E-state index < -0.39 is 45.9 Å². The highest BCUT2D eigenvalue weighted by Crippen LogP contribution is 2.31. The van der Waals surface area contributed by atoms with Crippen LogP contribution in [0.2, 0.25) is 0 Å². The fraction of sp³-hybridized carbons (Fsp3) is 0.462. The van der Waals surface area contributed by atoms with E-state index in [1.165, 1.54) is 0 Å². The number of nitrogens with zero attached hydrogens (tertiary/aromatic N) is 2. The zero-order valence-electron chi connectivity index (χ0n) is 12.2. The maximum atomic E-state index is 12.5. The minimum absolute atomic E-state index is 0.240. The van der Waals surface area contributed by atoms with Gasteiger partial charge in [-0.05, 0) is 37.1 Å². The van der Waals surface area contributed by atoms with Crippen LogP contribution in [0.25, 0.3) is 5.53 Å². The lowest BCUT2D eigenvalue weighted by atomic mass is 10.2. The molecule has 11 heteroatoms. The molecule has 0 amide bonds. The molecule has 0 unspecified atom stereocenters. The Hall–Kier alpha value is -1.71. The summed E-state index contributed by atoms with van der Waals surface area (Å²) in [4.78, 5) is 1.75. The van der Waals surface area contributed by atoms with E-state index in [9.17, 15) is 30.0 Å². The summed E-state index contributed by atoms with van der Waals surface area (Å²) in [7, 11) is -9.17. The van der Waals surface area contributed by atoms with E-state index >= 15 is 0 Å². The van der Waals surface area contributed by atoms with Gasteiger partial charge in [-0.3, -0.25) is 0 Å². The molecule has 1 aliphatic carbocycles. The van der Waals surface area contributed by atoms with Crippen molar-refractivity contribution in [2.24, 2.45) is 0 Å². The first kappa shape index (κ1) is 18.6. The summed E-state index contributed by atoms with van der Waals surface area (Å²) in [6, 6.07) is 2.30. The van der Waals surface area contributed by atoms with Crippen molar-refractivity contribution in [1.82, 2.24) is 0 Å². The Balaban J connectivity index is 2.46. The summed E-state index contributed by atoms with van der Waals surface area (Å²) >= 11 is 0. The molecule has 0 heterocycles. The quantitative estimate of drug-likeness (QED) is 0.339. The number of hydrogen-bond acceptors (Lipinski definition) is 4. The van der Waals surface area contributed by atoms with Crippen molar-refractivity contribution in [2.45, 2.75) is 42.0 Å². The predicted molar refractivity (Wildman–Crippen MR) is 78.4 cm³/mol. The third-order valence-electron chi connectivity index (χ3n) is 3.79. The fourth-order valence-electron chi connectivity index (χ4n) is 2.53. The molecule has 0 aromatic heterocycles. The first-order valence-electron chi connectivity index (χ1n) is 6.89. The first-order valence-corrected chi connectivity index (χ1v) is 9.92. The van der Waals surface area contributed by atoms with Gasteiger partial charge >= 0.3 is 10.6 Å². The molecule has 0 N–H and O–H groups in total. The molecule has 0 atom stereocenters. The van der Waals surface area contributed by atoms with Gasteiger partial charge in [-0.15, -0.1) is 4.79 Å². The van der Waals surface area contributed by atoms with E-state index in [0.29, 0.717) is 37.1 Å². The van der Waals surface area contributed by atoms with E-state index in [1.807, 2.05) is 0 Å². The van der Waals surface area contributed by atoms with Gasteiger partial charge < -0.3 is 5.53 Å². The molecule has 6 nitrogen and oxygen atoms in total. The topological polar surface area (TPSA) is 105 Å². The van der Waals surface area contributed by atoms with E-state index in [-0.39, 0.29) is 12.8 Å². The van der Waals surface area contributed by atoms with Crippen LogP contribution < -0.4 is 0 Å². The highest BCUT2D eigenvalue weighted by Gasteiger charge is 2.48. The average molecular weight is 382 g/mol. The number of rotatable bonds is 2. The molecule has 1 saturated carbocycles. The van der Waals surface area contributed by atoms with Crippen LogP contribution in [0.1, 0.15) is 31.2 Å². The van der Waals surface area contributed by atoms with Gasteiger partial charge in [0.15, 0.2) is 0 Å². The highest BCUT2D eigenvalue weighted by molar-refractivity contribution is 8.31. The summed E-state index contributed by atoms with van der Waals surface area (Å²) in [5.41, 5.74) is 7.87. The summed E-state index contributed by atoms with van der Waals surface area (Å²) < 4.78 is 85.6. The average Bonchev–Trinajstić information content (AvgIpc) is 3.01. The molecular weight excluding hydrogens is 369 g/mol. The number of hydrogen-bond donors (Lipinski definition) is 0. The fourth-order valence-corrected chi connectivity index (χ4v) is 6.61. The van der Waals surface area contributed by atoms with Gasteiger partial charge in [0.25, 0.3) is 19.7 Å². The van der Waals surface area contributed by atoms with Crippen molar-refractivity contribution in [1.29, 1.82) is 0 Å². The molecule has 1 fully saturated rings. The molecule has 0 spiro atoms. The SMILES string of the molecule is [N-]=[N+]=C(S(=O)(=O)c1ccc(C(F)(F)F)cc1)S(=O)(=O)C1CCCC1. The largest absolute Gasteiger partial charge is 0.499 e. The Kier molecular flexibility index (Phi) is 4.89. The van der Waals surface area contributed by atoms with Crippen molar-refractivity contribution in [3.05, 3.63) is 35.4 Å². The number of sulfone groups is 2. The third-order valence-corrected chi connectivity index (χ3v) is 8.49.